The number of rotatable bonds is 5. The summed E-state index contributed by atoms with van der Waals surface area (Å²) in [5, 5.41) is 24.6. The minimum Gasteiger partial charge on any atom is -0.549 e. The molecule has 1 aromatic carbocycles. The van der Waals surface area contributed by atoms with Crippen molar-refractivity contribution < 1.29 is 88.5 Å². The van der Waals surface area contributed by atoms with Crippen LogP contribution in [0, 0.1) is 0 Å². The van der Waals surface area contributed by atoms with E-state index in [0.29, 0.717) is 0 Å². The molecule has 2 amide bonds. The maximum Gasteiger partial charge on any atom is 1.00 e. The van der Waals surface area contributed by atoms with E-state index in [2.05, 4.69) is 5.32 Å². The number of nitrogens with one attached hydrogen (secondary N) is 1. The summed E-state index contributed by atoms with van der Waals surface area (Å²) in [5.41, 5.74) is 0.237. The summed E-state index contributed by atoms with van der Waals surface area (Å²) in [6, 6.07) is 5.73. The van der Waals surface area contributed by atoms with Gasteiger partial charge in [-0.05, 0) is 19.4 Å². The molecule has 0 saturated carbocycles. The Bertz CT molecular complexity index is 791. The third-order valence-corrected chi connectivity index (χ3v) is 6.16. The number of carboxylic acids is 2. The molecular formula is C17H16N2Na2O6S. The van der Waals surface area contributed by atoms with Gasteiger partial charge >= 0.3 is 59.1 Å². The zero-order valence-corrected chi connectivity index (χ0v) is 20.8. The number of β-lactam (4-membered cyclic amide) rings is 1. The van der Waals surface area contributed by atoms with Crippen LogP contribution in [0.15, 0.2) is 30.3 Å². The van der Waals surface area contributed by atoms with Gasteiger partial charge in [0.2, 0.25) is 11.8 Å². The van der Waals surface area contributed by atoms with Gasteiger partial charge in [-0.3, -0.25) is 9.59 Å². The number of carbonyl (C=O) groups excluding carboxylic acids is 4. The normalized spacial score (nSPS) is 25.3. The van der Waals surface area contributed by atoms with Crippen LogP contribution in [0.25, 0.3) is 0 Å². The van der Waals surface area contributed by atoms with E-state index in [0.717, 1.165) is 0 Å². The van der Waals surface area contributed by atoms with Crippen molar-refractivity contribution in [3.05, 3.63) is 35.9 Å². The Morgan fingerprint density at radius 3 is 2.21 bits per heavy atom. The number of benzene rings is 1. The minimum absolute atomic E-state index is 0. The monoisotopic (exact) mass is 422 g/mol. The Balaban J connectivity index is 0.00000196. The average molecular weight is 422 g/mol. The zero-order valence-electron chi connectivity index (χ0n) is 16.0. The molecule has 3 rings (SSSR count). The van der Waals surface area contributed by atoms with Crippen molar-refractivity contribution >= 4 is 35.5 Å². The fourth-order valence-electron chi connectivity index (χ4n) is 3.40. The van der Waals surface area contributed by atoms with Gasteiger partial charge in [-0.25, -0.2) is 0 Å². The van der Waals surface area contributed by atoms with Gasteiger partial charge in [0.05, 0.1) is 18.0 Å². The molecule has 0 aliphatic carbocycles. The standard InChI is InChI=1S/C17H18N2O6S.2Na/c1-17(2)11(16(24)25)19-13(21)10(14(19)26-17)18-12(20)9(15(22)23)8-6-4-3-5-7-8;;/h3-7,9-11,14H,1-2H3,(H,18,20)(H,22,23)(H,24,25);;/q;2*+1/p-2/t9-,10-,11+,14-;;/m1../s1. The van der Waals surface area contributed by atoms with Gasteiger partial charge in [-0.1, -0.05) is 30.3 Å². The van der Waals surface area contributed by atoms with Crippen LogP contribution in [0.4, 0.5) is 0 Å². The van der Waals surface area contributed by atoms with Gasteiger partial charge in [-0.2, -0.15) is 0 Å². The van der Waals surface area contributed by atoms with E-state index in [9.17, 15) is 29.4 Å². The number of amides is 2. The largest absolute Gasteiger partial charge is 1.00 e. The van der Waals surface area contributed by atoms with Crippen LogP contribution in [0.1, 0.15) is 25.3 Å². The van der Waals surface area contributed by atoms with Crippen molar-refractivity contribution in [1.29, 1.82) is 0 Å². The van der Waals surface area contributed by atoms with E-state index in [-0.39, 0.29) is 64.7 Å². The van der Waals surface area contributed by atoms with Crippen LogP contribution in [0.3, 0.4) is 0 Å². The molecule has 2 aliphatic rings. The van der Waals surface area contributed by atoms with E-state index < -0.39 is 51.9 Å². The van der Waals surface area contributed by atoms with Crippen LogP contribution in [-0.2, 0) is 19.2 Å². The van der Waals surface area contributed by atoms with Gasteiger partial charge in [0.1, 0.15) is 17.3 Å². The van der Waals surface area contributed by atoms with E-state index in [1.54, 1.807) is 32.0 Å². The Morgan fingerprint density at radius 1 is 1.14 bits per heavy atom. The quantitative estimate of drug-likeness (QED) is 0.283. The third-order valence-electron chi connectivity index (χ3n) is 4.59. The molecule has 0 aromatic heterocycles. The van der Waals surface area contributed by atoms with Crippen molar-refractivity contribution in [1.82, 2.24) is 10.2 Å². The minimum atomic E-state index is -1.58. The fourth-order valence-corrected chi connectivity index (χ4v) is 5.02. The van der Waals surface area contributed by atoms with Crippen LogP contribution >= 0.6 is 11.8 Å². The van der Waals surface area contributed by atoms with Crippen LogP contribution < -0.4 is 74.6 Å². The number of hydrogen-bond donors (Lipinski definition) is 1. The number of carboxylic acid groups (broad SMARTS) is 2. The van der Waals surface area contributed by atoms with Gasteiger partial charge in [-0.15, -0.1) is 11.8 Å². The summed E-state index contributed by atoms with van der Waals surface area (Å²) in [6.07, 6.45) is 0. The summed E-state index contributed by atoms with van der Waals surface area (Å²) >= 11 is 1.23. The molecule has 28 heavy (non-hydrogen) atoms. The number of aliphatic carboxylic acids is 2. The summed E-state index contributed by atoms with van der Waals surface area (Å²) in [5.74, 6) is -5.94. The van der Waals surface area contributed by atoms with Crippen molar-refractivity contribution in [3.63, 3.8) is 0 Å². The smallest absolute Gasteiger partial charge is 0.549 e. The molecule has 2 fully saturated rings. The number of thioether (sulfide) groups is 1. The first-order chi connectivity index (χ1) is 12.1. The van der Waals surface area contributed by atoms with Crippen molar-refractivity contribution in [2.45, 2.75) is 42.0 Å². The van der Waals surface area contributed by atoms with Crippen LogP contribution in [-0.4, -0.2) is 50.9 Å². The first kappa shape index (κ1) is 25.5. The predicted octanol–water partition coefficient (Wildman–Crippen LogP) is -8.17. The predicted molar refractivity (Wildman–Crippen MR) is 87.2 cm³/mol. The second-order valence-corrected chi connectivity index (χ2v) is 8.50. The van der Waals surface area contributed by atoms with E-state index in [1.807, 2.05) is 0 Å². The van der Waals surface area contributed by atoms with Crippen molar-refractivity contribution in [2.24, 2.45) is 0 Å². The molecule has 2 heterocycles. The Hall–Kier alpha value is -0.550. The molecule has 2 saturated heterocycles. The molecule has 138 valence electrons. The molecule has 0 radical (unpaired) electrons. The Morgan fingerprint density at radius 2 is 1.71 bits per heavy atom. The maximum atomic E-state index is 12.5. The van der Waals surface area contributed by atoms with Gasteiger partial charge in [0.25, 0.3) is 0 Å². The van der Waals surface area contributed by atoms with Gasteiger partial charge < -0.3 is 30.0 Å². The molecule has 4 atom stereocenters. The van der Waals surface area contributed by atoms with E-state index in [4.69, 9.17) is 0 Å². The zero-order chi connectivity index (χ0) is 19.2. The fraction of sp³-hybridized carbons (Fsp3) is 0.412. The number of hydrogen-bond acceptors (Lipinski definition) is 7. The molecule has 0 spiro atoms. The summed E-state index contributed by atoms with van der Waals surface area (Å²) in [4.78, 5) is 48.8. The maximum absolute atomic E-state index is 12.5. The topological polar surface area (TPSA) is 130 Å². The van der Waals surface area contributed by atoms with Crippen LogP contribution in [0.2, 0.25) is 0 Å². The number of nitrogens with zero attached hydrogens (tertiary/aromatic N) is 1. The molecule has 0 bridgehead atoms. The second-order valence-electron chi connectivity index (χ2n) is 6.73. The Labute approximate surface area is 210 Å². The molecule has 1 aromatic rings. The molecule has 11 heteroatoms. The van der Waals surface area contributed by atoms with Gasteiger partial charge in [0.15, 0.2) is 0 Å². The number of fused-ring (bicyclic) bond motifs is 1. The SMILES string of the molecule is CC1(C)S[C@@H]2[C@H](NC(=O)[C@H](C(=O)[O-])c3ccccc3)C(=O)N2[C@H]1C(=O)[O-].[Na+].[Na+]. The van der Waals surface area contributed by atoms with Crippen molar-refractivity contribution in [2.75, 3.05) is 0 Å². The third kappa shape index (κ3) is 4.45. The van der Waals surface area contributed by atoms with E-state index >= 15 is 0 Å². The average Bonchev–Trinajstić information content (AvgIpc) is 2.82. The second kappa shape index (κ2) is 9.51. The van der Waals surface area contributed by atoms with Crippen molar-refractivity contribution in [3.8, 4) is 0 Å². The first-order valence-electron chi connectivity index (χ1n) is 7.92. The first-order valence-corrected chi connectivity index (χ1v) is 8.80. The Kier molecular flexibility index (Phi) is 8.65. The number of carbonyl (C=O) groups is 4. The summed E-state index contributed by atoms with van der Waals surface area (Å²) < 4.78 is -0.786. The molecule has 0 unspecified atom stereocenters. The van der Waals surface area contributed by atoms with Crippen LogP contribution in [0.5, 0.6) is 0 Å². The van der Waals surface area contributed by atoms with Gasteiger partial charge in [0, 0.05) is 4.75 Å². The molecule has 8 nitrogen and oxygen atoms in total. The summed E-state index contributed by atoms with van der Waals surface area (Å²) in [7, 11) is 0. The summed E-state index contributed by atoms with van der Waals surface area (Å²) in [6.45, 7) is 3.35. The molecule has 1 N–H and O–H groups in total. The van der Waals surface area contributed by atoms with E-state index in [1.165, 1.54) is 28.8 Å². The molecular weight excluding hydrogens is 406 g/mol. The molecule has 2 aliphatic heterocycles.